The molecule has 0 amide bonds. The van der Waals surface area contributed by atoms with Crippen LogP contribution in [0.4, 0.5) is 0 Å². The van der Waals surface area contributed by atoms with Crippen LogP contribution < -0.4 is 0 Å². The summed E-state index contributed by atoms with van der Waals surface area (Å²) in [6, 6.07) is 0. The fourth-order valence-corrected chi connectivity index (χ4v) is 8.29. The largest absolute Gasteiger partial charge is 0.390 e. The Bertz CT molecular complexity index is 599. The van der Waals surface area contributed by atoms with E-state index in [1.807, 2.05) is 0 Å². The molecule has 0 aromatic carbocycles. The van der Waals surface area contributed by atoms with E-state index in [2.05, 4.69) is 33.8 Å². The summed E-state index contributed by atoms with van der Waals surface area (Å²) >= 11 is 0. The van der Waals surface area contributed by atoms with Gasteiger partial charge in [0.15, 0.2) is 0 Å². The minimum Gasteiger partial charge on any atom is -0.390 e. The van der Waals surface area contributed by atoms with Crippen molar-refractivity contribution in [2.24, 2.45) is 40.9 Å². The van der Waals surface area contributed by atoms with Crippen molar-refractivity contribution in [3.63, 3.8) is 0 Å². The lowest BCUT2D eigenvalue weighted by Crippen LogP contribution is -2.43. The first kappa shape index (κ1) is 22.9. The smallest absolute Gasteiger partial charge is 0.0656 e. The van der Waals surface area contributed by atoms with Gasteiger partial charge in [0, 0.05) is 0 Å². The van der Waals surface area contributed by atoms with Gasteiger partial charge in [-0.05, 0) is 99.2 Å². The van der Waals surface area contributed by atoms with E-state index in [1.54, 1.807) is 5.57 Å². The molecule has 4 aliphatic carbocycles. The molecule has 0 saturated heterocycles. The van der Waals surface area contributed by atoms with Crippen LogP contribution in [0.2, 0.25) is 0 Å². The molecule has 0 aromatic heterocycles. The van der Waals surface area contributed by atoms with Gasteiger partial charge >= 0.3 is 0 Å². The standard InChI is InChI=1S/C29H50O/c1-5-6-17-28(3,30)20-23-12-13-25-24(19-23)16-18-29(4)26(14-15-27(25)29)21(2)8-7-9-22-10-11-22/h12,21-22,24-27,30H,5-11,13-20H2,1-4H3/t21-,24-,25-,26-,27+,28+,29-/m1/s1. The van der Waals surface area contributed by atoms with Gasteiger partial charge in [0.1, 0.15) is 0 Å². The number of rotatable bonds is 10. The maximum atomic E-state index is 10.8. The van der Waals surface area contributed by atoms with Crippen LogP contribution in [0.15, 0.2) is 11.6 Å². The molecule has 3 fully saturated rings. The SMILES string of the molecule is CCCC[C@](C)(O)CC1=CC[C@@H]2[C@H](CC[C@]3(C)[C@@H]([C@H](C)CCCC4CC4)CC[C@@H]23)C1. The van der Waals surface area contributed by atoms with Crippen molar-refractivity contribution in [3.05, 3.63) is 11.6 Å². The number of hydrogen-bond acceptors (Lipinski definition) is 1. The Morgan fingerprint density at radius 3 is 2.70 bits per heavy atom. The van der Waals surface area contributed by atoms with Gasteiger partial charge in [0.05, 0.1) is 5.60 Å². The number of fused-ring (bicyclic) bond motifs is 3. The monoisotopic (exact) mass is 414 g/mol. The van der Waals surface area contributed by atoms with E-state index in [-0.39, 0.29) is 0 Å². The van der Waals surface area contributed by atoms with E-state index in [0.717, 1.165) is 54.8 Å². The van der Waals surface area contributed by atoms with Crippen LogP contribution in [0.25, 0.3) is 0 Å². The van der Waals surface area contributed by atoms with E-state index in [0.29, 0.717) is 5.41 Å². The zero-order valence-electron chi connectivity index (χ0n) is 20.6. The van der Waals surface area contributed by atoms with Gasteiger partial charge in [-0.25, -0.2) is 0 Å². The van der Waals surface area contributed by atoms with Crippen LogP contribution in [-0.4, -0.2) is 10.7 Å². The highest BCUT2D eigenvalue weighted by molar-refractivity contribution is 5.15. The van der Waals surface area contributed by atoms with Crippen LogP contribution in [0.5, 0.6) is 0 Å². The van der Waals surface area contributed by atoms with Gasteiger partial charge in [0.2, 0.25) is 0 Å². The van der Waals surface area contributed by atoms with Gasteiger partial charge in [-0.3, -0.25) is 0 Å². The topological polar surface area (TPSA) is 20.2 Å². The molecule has 7 atom stereocenters. The number of hydrogen-bond donors (Lipinski definition) is 1. The Labute approximate surface area is 187 Å². The lowest BCUT2D eigenvalue weighted by Gasteiger charge is -2.51. The molecule has 30 heavy (non-hydrogen) atoms. The third-order valence-corrected chi connectivity index (χ3v) is 10.2. The fourth-order valence-electron chi connectivity index (χ4n) is 8.29. The summed E-state index contributed by atoms with van der Waals surface area (Å²) in [5.74, 6) is 5.79. The highest BCUT2D eigenvalue weighted by Gasteiger charge is 2.54. The van der Waals surface area contributed by atoms with Crippen LogP contribution >= 0.6 is 0 Å². The summed E-state index contributed by atoms with van der Waals surface area (Å²) in [6.07, 6.45) is 22.8. The van der Waals surface area contributed by atoms with Crippen molar-refractivity contribution in [2.75, 3.05) is 0 Å². The number of unbranched alkanes of at least 4 members (excludes halogenated alkanes) is 1. The molecule has 1 heteroatoms. The third kappa shape index (κ3) is 5.02. The average Bonchev–Trinajstić information content (AvgIpc) is 3.45. The van der Waals surface area contributed by atoms with Crippen molar-refractivity contribution >= 4 is 0 Å². The molecular formula is C29H50O. The van der Waals surface area contributed by atoms with Gasteiger partial charge in [0.25, 0.3) is 0 Å². The first-order chi connectivity index (χ1) is 14.3. The van der Waals surface area contributed by atoms with E-state index >= 15 is 0 Å². The second-order valence-corrected chi connectivity index (χ2v) is 12.7. The first-order valence-corrected chi connectivity index (χ1v) is 13.7. The second-order valence-electron chi connectivity index (χ2n) is 12.7. The molecule has 0 heterocycles. The van der Waals surface area contributed by atoms with Crippen molar-refractivity contribution in [1.29, 1.82) is 0 Å². The lowest BCUT2D eigenvalue weighted by atomic mass is 9.54. The normalized spacial score (nSPS) is 39.0. The minimum atomic E-state index is -0.494. The Hall–Kier alpha value is -0.300. The Morgan fingerprint density at radius 1 is 1.17 bits per heavy atom. The molecule has 172 valence electrons. The molecule has 1 nitrogen and oxygen atoms in total. The predicted octanol–water partition coefficient (Wildman–Crippen LogP) is 8.31. The number of allylic oxidation sites excluding steroid dienone is 1. The summed E-state index contributed by atoms with van der Waals surface area (Å²) in [5.41, 5.74) is 1.69. The van der Waals surface area contributed by atoms with Gasteiger partial charge in [-0.2, -0.15) is 0 Å². The Balaban J connectivity index is 1.35. The maximum absolute atomic E-state index is 10.8. The van der Waals surface area contributed by atoms with Gasteiger partial charge in [-0.15, -0.1) is 0 Å². The molecule has 0 bridgehead atoms. The second kappa shape index (κ2) is 9.29. The quantitative estimate of drug-likeness (QED) is 0.356. The average molecular weight is 415 g/mol. The molecule has 0 aromatic rings. The molecule has 4 rings (SSSR count). The maximum Gasteiger partial charge on any atom is 0.0656 e. The van der Waals surface area contributed by atoms with Crippen molar-refractivity contribution in [1.82, 2.24) is 0 Å². The lowest BCUT2D eigenvalue weighted by molar-refractivity contribution is -0.00897. The van der Waals surface area contributed by atoms with Crippen LogP contribution in [0, 0.1) is 40.9 Å². The van der Waals surface area contributed by atoms with Crippen molar-refractivity contribution in [3.8, 4) is 0 Å². The molecule has 0 aliphatic heterocycles. The van der Waals surface area contributed by atoms with E-state index < -0.39 is 5.60 Å². The van der Waals surface area contributed by atoms with Crippen LogP contribution in [-0.2, 0) is 0 Å². The summed E-state index contributed by atoms with van der Waals surface area (Å²) in [4.78, 5) is 0. The highest BCUT2D eigenvalue weighted by atomic mass is 16.3. The highest BCUT2D eigenvalue weighted by Crippen LogP contribution is 2.63. The van der Waals surface area contributed by atoms with Crippen LogP contribution in [0.3, 0.4) is 0 Å². The zero-order valence-corrected chi connectivity index (χ0v) is 20.6. The predicted molar refractivity (Wildman–Crippen MR) is 128 cm³/mol. The molecule has 3 saturated carbocycles. The first-order valence-electron chi connectivity index (χ1n) is 13.7. The summed E-state index contributed by atoms with van der Waals surface area (Å²) < 4.78 is 0. The van der Waals surface area contributed by atoms with Crippen molar-refractivity contribution in [2.45, 2.75) is 130 Å². The Morgan fingerprint density at radius 2 is 1.97 bits per heavy atom. The minimum absolute atomic E-state index is 0.494. The zero-order chi connectivity index (χ0) is 21.4. The summed E-state index contributed by atoms with van der Waals surface area (Å²) in [5, 5.41) is 10.8. The third-order valence-electron chi connectivity index (χ3n) is 10.2. The molecule has 4 aliphatic rings. The van der Waals surface area contributed by atoms with Gasteiger partial charge < -0.3 is 5.11 Å². The fraction of sp³-hybridized carbons (Fsp3) is 0.931. The van der Waals surface area contributed by atoms with E-state index in [4.69, 9.17) is 0 Å². The molecule has 0 spiro atoms. The van der Waals surface area contributed by atoms with E-state index in [9.17, 15) is 5.11 Å². The van der Waals surface area contributed by atoms with E-state index in [1.165, 1.54) is 77.0 Å². The molecule has 0 unspecified atom stereocenters. The van der Waals surface area contributed by atoms with Crippen molar-refractivity contribution < 1.29 is 5.11 Å². The molecule has 1 N–H and O–H groups in total. The molecular weight excluding hydrogens is 364 g/mol. The summed E-state index contributed by atoms with van der Waals surface area (Å²) in [6.45, 7) is 9.58. The Kier molecular flexibility index (Phi) is 7.08. The molecule has 0 radical (unpaired) electrons. The number of aliphatic hydroxyl groups is 1. The van der Waals surface area contributed by atoms with Gasteiger partial charge in [-0.1, -0.05) is 77.4 Å². The summed E-state index contributed by atoms with van der Waals surface area (Å²) in [7, 11) is 0. The van der Waals surface area contributed by atoms with Crippen LogP contribution in [0.1, 0.15) is 124 Å².